The smallest absolute Gasteiger partial charge is 0.167 e. The summed E-state index contributed by atoms with van der Waals surface area (Å²) in [5, 5.41) is 9.42. The van der Waals surface area contributed by atoms with Crippen molar-refractivity contribution in [3.05, 3.63) is 17.9 Å². The zero-order valence-electron chi connectivity index (χ0n) is 11.8. The standard InChI is InChI=1S/C14H21FN2O3/c1-9(2)20-14-6-13(12(16)5-11(14)15)17-3-4-19-8-10(17)7-18/h5-6,9-10,18H,3-4,7-8,16H2,1-2H3. The Labute approximate surface area is 118 Å². The highest BCUT2D eigenvalue weighted by molar-refractivity contribution is 5.70. The summed E-state index contributed by atoms with van der Waals surface area (Å²) in [6.07, 6.45) is -0.126. The topological polar surface area (TPSA) is 68.0 Å². The first kappa shape index (κ1) is 14.9. The van der Waals surface area contributed by atoms with Gasteiger partial charge in [-0.2, -0.15) is 0 Å². The van der Waals surface area contributed by atoms with Crippen LogP contribution in [-0.2, 0) is 4.74 Å². The van der Waals surface area contributed by atoms with Gasteiger partial charge >= 0.3 is 0 Å². The summed E-state index contributed by atoms with van der Waals surface area (Å²) >= 11 is 0. The molecule has 0 amide bonds. The molecule has 1 heterocycles. The minimum atomic E-state index is -0.478. The summed E-state index contributed by atoms with van der Waals surface area (Å²) in [5.74, 6) is -0.305. The van der Waals surface area contributed by atoms with Crippen LogP contribution in [0.25, 0.3) is 0 Å². The van der Waals surface area contributed by atoms with Gasteiger partial charge < -0.3 is 25.2 Å². The number of halogens is 1. The zero-order chi connectivity index (χ0) is 14.7. The van der Waals surface area contributed by atoms with E-state index in [-0.39, 0.29) is 24.5 Å². The molecular weight excluding hydrogens is 263 g/mol. The molecule has 1 aromatic rings. The number of aliphatic hydroxyl groups is 1. The lowest BCUT2D eigenvalue weighted by Gasteiger charge is -2.37. The van der Waals surface area contributed by atoms with Gasteiger partial charge in [0.25, 0.3) is 0 Å². The van der Waals surface area contributed by atoms with E-state index in [0.717, 1.165) is 0 Å². The van der Waals surface area contributed by atoms with Crippen LogP contribution in [0.15, 0.2) is 12.1 Å². The van der Waals surface area contributed by atoms with Gasteiger partial charge in [-0.05, 0) is 13.8 Å². The summed E-state index contributed by atoms with van der Waals surface area (Å²) in [6.45, 7) is 5.20. The molecule has 1 aliphatic heterocycles. The van der Waals surface area contributed by atoms with E-state index in [2.05, 4.69) is 0 Å². The Balaban J connectivity index is 2.34. The van der Waals surface area contributed by atoms with Gasteiger partial charge in [0.1, 0.15) is 0 Å². The van der Waals surface area contributed by atoms with Crippen LogP contribution in [-0.4, -0.2) is 43.6 Å². The quantitative estimate of drug-likeness (QED) is 0.818. The van der Waals surface area contributed by atoms with Crippen molar-refractivity contribution in [2.75, 3.05) is 37.0 Å². The normalized spacial score (nSPS) is 19.4. The highest BCUT2D eigenvalue weighted by Crippen LogP contribution is 2.33. The number of nitrogens with zero attached hydrogens (tertiary/aromatic N) is 1. The van der Waals surface area contributed by atoms with Crippen LogP contribution in [0.1, 0.15) is 13.8 Å². The minimum Gasteiger partial charge on any atom is -0.488 e. The largest absolute Gasteiger partial charge is 0.488 e. The number of anilines is 2. The third-order valence-corrected chi connectivity index (χ3v) is 3.19. The lowest BCUT2D eigenvalue weighted by atomic mass is 10.1. The van der Waals surface area contributed by atoms with Crippen molar-refractivity contribution in [3.8, 4) is 5.75 Å². The number of aliphatic hydroxyl groups excluding tert-OH is 1. The number of morpholine rings is 1. The first-order chi connectivity index (χ1) is 9.52. The van der Waals surface area contributed by atoms with Crippen LogP contribution in [0.3, 0.4) is 0 Å². The number of nitrogens with two attached hydrogens (primary N) is 1. The van der Waals surface area contributed by atoms with Gasteiger partial charge in [-0.3, -0.25) is 0 Å². The van der Waals surface area contributed by atoms with Crippen molar-refractivity contribution >= 4 is 11.4 Å². The Morgan fingerprint density at radius 1 is 1.55 bits per heavy atom. The van der Waals surface area contributed by atoms with E-state index in [1.807, 2.05) is 18.7 Å². The molecule has 0 aliphatic carbocycles. The van der Waals surface area contributed by atoms with E-state index < -0.39 is 5.82 Å². The fourth-order valence-corrected chi connectivity index (χ4v) is 2.27. The Morgan fingerprint density at radius 3 is 2.95 bits per heavy atom. The second kappa shape index (κ2) is 6.28. The van der Waals surface area contributed by atoms with Crippen molar-refractivity contribution in [1.29, 1.82) is 0 Å². The van der Waals surface area contributed by atoms with Crippen LogP contribution < -0.4 is 15.4 Å². The molecule has 1 aromatic carbocycles. The number of ether oxygens (including phenoxy) is 2. The van der Waals surface area contributed by atoms with E-state index in [1.165, 1.54) is 6.07 Å². The molecular formula is C14H21FN2O3. The summed E-state index contributed by atoms with van der Waals surface area (Å²) in [7, 11) is 0. The predicted molar refractivity (Wildman–Crippen MR) is 75.6 cm³/mol. The first-order valence-electron chi connectivity index (χ1n) is 6.73. The van der Waals surface area contributed by atoms with E-state index in [0.29, 0.717) is 31.1 Å². The number of benzene rings is 1. The lowest BCUT2D eigenvalue weighted by molar-refractivity contribution is 0.0727. The third-order valence-electron chi connectivity index (χ3n) is 3.19. The molecule has 0 radical (unpaired) electrons. The highest BCUT2D eigenvalue weighted by Gasteiger charge is 2.25. The van der Waals surface area contributed by atoms with Gasteiger partial charge in [0.2, 0.25) is 0 Å². The second-order valence-corrected chi connectivity index (χ2v) is 5.11. The van der Waals surface area contributed by atoms with Crippen LogP contribution >= 0.6 is 0 Å². The molecule has 0 aromatic heterocycles. The summed E-state index contributed by atoms with van der Waals surface area (Å²) in [6, 6.07) is 2.68. The molecule has 6 heteroatoms. The van der Waals surface area contributed by atoms with E-state index in [1.54, 1.807) is 6.07 Å². The maximum Gasteiger partial charge on any atom is 0.167 e. The fourth-order valence-electron chi connectivity index (χ4n) is 2.27. The van der Waals surface area contributed by atoms with Gasteiger partial charge in [-0.1, -0.05) is 0 Å². The maximum atomic E-state index is 13.8. The van der Waals surface area contributed by atoms with Crippen LogP contribution in [0.5, 0.6) is 5.75 Å². The van der Waals surface area contributed by atoms with E-state index in [4.69, 9.17) is 15.2 Å². The Kier molecular flexibility index (Phi) is 4.67. The van der Waals surface area contributed by atoms with Crippen LogP contribution in [0.2, 0.25) is 0 Å². The third kappa shape index (κ3) is 3.13. The average Bonchev–Trinajstić information content (AvgIpc) is 2.41. The van der Waals surface area contributed by atoms with Crippen molar-refractivity contribution < 1.29 is 19.0 Å². The first-order valence-corrected chi connectivity index (χ1v) is 6.73. The monoisotopic (exact) mass is 284 g/mol. The molecule has 0 spiro atoms. The van der Waals surface area contributed by atoms with Crippen LogP contribution in [0, 0.1) is 5.82 Å². The molecule has 3 N–H and O–H groups in total. The summed E-state index contributed by atoms with van der Waals surface area (Å²) in [5.41, 5.74) is 6.91. The molecule has 1 saturated heterocycles. The van der Waals surface area contributed by atoms with Gasteiger partial charge in [0.05, 0.1) is 43.3 Å². The number of rotatable bonds is 4. The van der Waals surface area contributed by atoms with Crippen LogP contribution in [0.4, 0.5) is 15.8 Å². The second-order valence-electron chi connectivity index (χ2n) is 5.11. The van der Waals surface area contributed by atoms with Gasteiger partial charge in [-0.25, -0.2) is 4.39 Å². The predicted octanol–water partition coefficient (Wildman–Crippen LogP) is 1.39. The van der Waals surface area contributed by atoms with Gasteiger partial charge in [0.15, 0.2) is 11.6 Å². The Hall–Kier alpha value is -1.53. The van der Waals surface area contributed by atoms with Crippen molar-refractivity contribution in [2.24, 2.45) is 0 Å². The lowest BCUT2D eigenvalue weighted by Crippen LogP contribution is -2.48. The van der Waals surface area contributed by atoms with Crippen molar-refractivity contribution in [2.45, 2.75) is 26.0 Å². The average molecular weight is 284 g/mol. The fraction of sp³-hybridized carbons (Fsp3) is 0.571. The number of hydrogen-bond donors (Lipinski definition) is 2. The molecule has 2 rings (SSSR count). The van der Waals surface area contributed by atoms with E-state index >= 15 is 0 Å². The molecule has 1 atom stereocenters. The molecule has 112 valence electrons. The van der Waals surface area contributed by atoms with Gasteiger partial charge in [0, 0.05) is 18.7 Å². The Morgan fingerprint density at radius 2 is 2.30 bits per heavy atom. The number of hydrogen-bond acceptors (Lipinski definition) is 5. The molecule has 1 aliphatic rings. The SMILES string of the molecule is CC(C)Oc1cc(N2CCOCC2CO)c(N)cc1F. The number of nitrogen functional groups attached to an aromatic ring is 1. The molecule has 1 fully saturated rings. The maximum absolute atomic E-state index is 13.8. The summed E-state index contributed by atoms with van der Waals surface area (Å²) < 4.78 is 24.6. The molecule has 20 heavy (non-hydrogen) atoms. The minimum absolute atomic E-state index is 0.0445. The Bertz CT molecular complexity index is 468. The molecule has 1 unspecified atom stereocenters. The molecule has 5 nitrogen and oxygen atoms in total. The van der Waals surface area contributed by atoms with Gasteiger partial charge in [-0.15, -0.1) is 0 Å². The molecule has 0 saturated carbocycles. The zero-order valence-corrected chi connectivity index (χ0v) is 11.8. The molecule has 0 bridgehead atoms. The van der Waals surface area contributed by atoms with E-state index in [9.17, 15) is 9.50 Å². The van der Waals surface area contributed by atoms with Crippen molar-refractivity contribution in [3.63, 3.8) is 0 Å². The van der Waals surface area contributed by atoms with Crippen molar-refractivity contribution in [1.82, 2.24) is 0 Å². The summed E-state index contributed by atoms with van der Waals surface area (Å²) in [4.78, 5) is 1.94. The highest BCUT2D eigenvalue weighted by atomic mass is 19.1.